The van der Waals surface area contributed by atoms with E-state index in [1.807, 2.05) is 6.92 Å². The van der Waals surface area contributed by atoms with Crippen molar-refractivity contribution >= 4 is 18.3 Å². The van der Waals surface area contributed by atoms with E-state index in [9.17, 15) is 4.79 Å². The summed E-state index contributed by atoms with van der Waals surface area (Å²) in [6.07, 6.45) is 2.75. The molecule has 0 spiro atoms. The van der Waals surface area contributed by atoms with Crippen LogP contribution in [0.1, 0.15) is 40.0 Å². The van der Waals surface area contributed by atoms with Crippen molar-refractivity contribution in [1.29, 1.82) is 0 Å². The Labute approximate surface area is 110 Å². The van der Waals surface area contributed by atoms with E-state index < -0.39 is 0 Å². The van der Waals surface area contributed by atoms with E-state index in [0.717, 1.165) is 19.3 Å². The molecule has 0 heterocycles. The average molecular weight is 265 g/mol. The Morgan fingerprint density at radius 1 is 1.41 bits per heavy atom. The zero-order valence-electron chi connectivity index (χ0n) is 11.0. The van der Waals surface area contributed by atoms with Crippen LogP contribution in [0, 0.1) is 5.92 Å². The minimum atomic E-state index is -0.258. The van der Waals surface area contributed by atoms with Crippen LogP contribution in [0.3, 0.4) is 0 Å². The molecule has 0 aromatic heterocycles. The van der Waals surface area contributed by atoms with Gasteiger partial charge in [-0.2, -0.15) is 0 Å². The van der Waals surface area contributed by atoms with E-state index in [1.165, 1.54) is 0 Å². The van der Waals surface area contributed by atoms with Gasteiger partial charge in [0.1, 0.15) is 0 Å². The van der Waals surface area contributed by atoms with Gasteiger partial charge >= 0.3 is 0 Å². The number of nitrogens with one attached hydrogen (secondary N) is 1. The third-order valence-electron chi connectivity index (χ3n) is 3.47. The largest absolute Gasteiger partial charge is 0.378 e. The van der Waals surface area contributed by atoms with Crippen molar-refractivity contribution < 1.29 is 9.53 Å². The number of ether oxygens (including phenoxy) is 1. The summed E-state index contributed by atoms with van der Waals surface area (Å²) in [7, 11) is 0. The SMILES string of the molecule is CCOC1CC1C(=O)NCC(N)(CC)CC.Cl. The summed E-state index contributed by atoms with van der Waals surface area (Å²) in [5.41, 5.74) is 5.85. The highest BCUT2D eigenvalue weighted by Gasteiger charge is 2.44. The van der Waals surface area contributed by atoms with Gasteiger partial charge in [0, 0.05) is 18.7 Å². The van der Waals surface area contributed by atoms with E-state index in [4.69, 9.17) is 10.5 Å². The van der Waals surface area contributed by atoms with Crippen LogP contribution < -0.4 is 11.1 Å². The Balaban J connectivity index is 0.00000256. The van der Waals surface area contributed by atoms with Gasteiger partial charge in [0.15, 0.2) is 0 Å². The van der Waals surface area contributed by atoms with E-state index in [1.54, 1.807) is 0 Å². The fourth-order valence-corrected chi connectivity index (χ4v) is 1.74. The van der Waals surface area contributed by atoms with Crippen LogP contribution in [-0.2, 0) is 9.53 Å². The second kappa shape index (κ2) is 7.19. The van der Waals surface area contributed by atoms with Gasteiger partial charge in [-0.3, -0.25) is 4.79 Å². The van der Waals surface area contributed by atoms with Crippen LogP contribution >= 0.6 is 12.4 Å². The lowest BCUT2D eigenvalue weighted by Crippen LogP contribution is -2.49. The van der Waals surface area contributed by atoms with Crippen LogP contribution in [0.5, 0.6) is 0 Å². The van der Waals surface area contributed by atoms with Crippen LogP contribution in [0.2, 0.25) is 0 Å². The number of halogens is 1. The smallest absolute Gasteiger partial charge is 0.225 e. The number of amides is 1. The van der Waals surface area contributed by atoms with Gasteiger partial charge in [-0.15, -0.1) is 12.4 Å². The van der Waals surface area contributed by atoms with Crippen molar-refractivity contribution in [2.45, 2.75) is 51.7 Å². The molecule has 0 radical (unpaired) electrons. The summed E-state index contributed by atoms with van der Waals surface area (Å²) in [6.45, 7) is 7.30. The molecule has 0 aromatic carbocycles. The lowest BCUT2D eigenvalue weighted by molar-refractivity contribution is -0.123. The van der Waals surface area contributed by atoms with Crippen LogP contribution in [0.15, 0.2) is 0 Å². The van der Waals surface area contributed by atoms with E-state index in [0.29, 0.717) is 13.2 Å². The molecule has 2 atom stereocenters. The molecule has 5 heteroatoms. The Kier molecular flexibility index (Phi) is 7.05. The number of carbonyl (C=O) groups is 1. The highest BCUT2D eigenvalue weighted by Crippen LogP contribution is 2.33. The third-order valence-corrected chi connectivity index (χ3v) is 3.47. The third kappa shape index (κ3) is 4.82. The Bertz CT molecular complexity index is 245. The van der Waals surface area contributed by atoms with E-state index >= 15 is 0 Å². The van der Waals surface area contributed by atoms with Crippen molar-refractivity contribution in [1.82, 2.24) is 5.32 Å². The second-order valence-corrected chi connectivity index (χ2v) is 4.62. The first kappa shape index (κ1) is 16.7. The maximum Gasteiger partial charge on any atom is 0.225 e. The highest BCUT2D eigenvalue weighted by molar-refractivity contribution is 5.85. The standard InChI is InChI=1S/C12H24N2O2.ClH/c1-4-12(13,5-2)8-14-11(15)9-7-10(9)16-6-3;/h9-10H,4-8,13H2,1-3H3,(H,14,15);1H. The molecular formula is C12H25ClN2O2. The monoisotopic (exact) mass is 264 g/mol. The first-order valence-corrected chi connectivity index (χ1v) is 6.24. The Morgan fingerprint density at radius 3 is 2.47 bits per heavy atom. The average Bonchev–Trinajstić information content (AvgIpc) is 3.05. The molecule has 3 N–H and O–H groups in total. The van der Waals surface area contributed by atoms with E-state index in [-0.39, 0.29) is 35.9 Å². The van der Waals surface area contributed by atoms with Crippen molar-refractivity contribution in [3.8, 4) is 0 Å². The minimum Gasteiger partial charge on any atom is -0.378 e. The molecule has 1 amide bonds. The first-order valence-electron chi connectivity index (χ1n) is 6.24. The van der Waals surface area contributed by atoms with Crippen LogP contribution in [0.25, 0.3) is 0 Å². The fraction of sp³-hybridized carbons (Fsp3) is 0.917. The molecule has 0 saturated heterocycles. The topological polar surface area (TPSA) is 64.3 Å². The summed E-state index contributed by atoms with van der Waals surface area (Å²) in [6, 6.07) is 0. The van der Waals surface area contributed by atoms with Crippen LogP contribution in [-0.4, -0.2) is 30.7 Å². The fourth-order valence-electron chi connectivity index (χ4n) is 1.74. The molecular weight excluding hydrogens is 240 g/mol. The van der Waals surface area contributed by atoms with Gasteiger partial charge in [-0.1, -0.05) is 13.8 Å². The van der Waals surface area contributed by atoms with Gasteiger partial charge in [0.2, 0.25) is 5.91 Å². The summed E-state index contributed by atoms with van der Waals surface area (Å²) in [4.78, 5) is 11.7. The molecule has 0 bridgehead atoms. The van der Waals surface area contributed by atoms with Crippen molar-refractivity contribution in [3.05, 3.63) is 0 Å². The highest BCUT2D eigenvalue weighted by atomic mass is 35.5. The Hall–Kier alpha value is -0.320. The molecule has 1 fully saturated rings. The molecule has 1 saturated carbocycles. The maximum absolute atomic E-state index is 11.7. The maximum atomic E-state index is 11.7. The number of carbonyl (C=O) groups excluding carboxylic acids is 1. The molecule has 1 rings (SSSR count). The molecule has 1 aliphatic rings. The van der Waals surface area contributed by atoms with Crippen molar-refractivity contribution in [2.24, 2.45) is 11.7 Å². The van der Waals surface area contributed by atoms with Crippen molar-refractivity contribution in [2.75, 3.05) is 13.2 Å². The van der Waals surface area contributed by atoms with E-state index in [2.05, 4.69) is 19.2 Å². The summed E-state index contributed by atoms with van der Waals surface area (Å²) in [5.74, 6) is 0.146. The Morgan fingerprint density at radius 2 is 2.00 bits per heavy atom. The lowest BCUT2D eigenvalue weighted by Gasteiger charge is -2.26. The van der Waals surface area contributed by atoms with Gasteiger partial charge < -0.3 is 15.8 Å². The molecule has 17 heavy (non-hydrogen) atoms. The zero-order valence-corrected chi connectivity index (χ0v) is 11.8. The normalized spacial score (nSPS) is 22.8. The number of hydrogen-bond donors (Lipinski definition) is 2. The van der Waals surface area contributed by atoms with Crippen molar-refractivity contribution in [3.63, 3.8) is 0 Å². The van der Waals surface area contributed by atoms with Crippen LogP contribution in [0.4, 0.5) is 0 Å². The number of rotatable bonds is 7. The lowest BCUT2D eigenvalue weighted by atomic mass is 9.94. The number of hydrogen-bond acceptors (Lipinski definition) is 3. The van der Waals surface area contributed by atoms with Gasteiger partial charge in [-0.25, -0.2) is 0 Å². The summed E-state index contributed by atoms with van der Waals surface area (Å²) in [5, 5.41) is 2.93. The quantitative estimate of drug-likeness (QED) is 0.732. The molecule has 102 valence electrons. The molecule has 0 aromatic rings. The summed E-state index contributed by atoms with van der Waals surface area (Å²) < 4.78 is 5.38. The predicted molar refractivity (Wildman–Crippen MR) is 71.3 cm³/mol. The second-order valence-electron chi connectivity index (χ2n) is 4.62. The summed E-state index contributed by atoms with van der Waals surface area (Å²) >= 11 is 0. The minimum absolute atomic E-state index is 0. The van der Waals surface area contributed by atoms with Gasteiger partial charge in [-0.05, 0) is 26.2 Å². The van der Waals surface area contributed by atoms with Gasteiger partial charge in [0.05, 0.1) is 12.0 Å². The molecule has 2 unspecified atom stereocenters. The van der Waals surface area contributed by atoms with Gasteiger partial charge in [0.25, 0.3) is 0 Å². The zero-order chi connectivity index (χ0) is 12.2. The predicted octanol–water partition coefficient (Wildman–Crippen LogP) is 1.47. The molecule has 1 aliphatic carbocycles. The first-order chi connectivity index (χ1) is 7.56. The molecule has 0 aliphatic heterocycles. The number of nitrogens with two attached hydrogens (primary N) is 1. The molecule has 4 nitrogen and oxygen atoms in total.